The molecule has 0 radical (unpaired) electrons. The van der Waals surface area contributed by atoms with E-state index in [0.717, 1.165) is 0 Å². The van der Waals surface area contributed by atoms with E-state index in [1.165, 1.54) is 0 Å². The van der Waals surface area contributed by atoms with Gasteiger partial charge in [-0.05, 0) is 0 Å². The van der Waals surface area contributed by atoms with Gasteiger partial charge in [-0.25, -0.2) is 8.42 Å². The largest absolute Gasteiger partial charge is 0.229 e. The molecule has 0 amide bonds. The van der Waals surface area contributed by atoms with Gasteiger partial charge in [0, 0.05) is 12.1 Å². The smallest absolute Gasteiger partial charge is 0.213 e. The van der Waals surface area contributed by atoms with E-state index < -0.39 is 15.3 Å². The third-order valence-corrected chi connectivity index (χ3v) is 0. The summed E-state index contributed by atoms with van der Waals surface area (Å²) < 4.78 is 25.3. The molecule has 0 aliphatic heterocycles. The van der Waals surface area contributed by atoms with Crippen LogP contribution >= 0.6 is 10.7 Å². The van der Waals surface area contributed by atoms with Gasteiger partial charge in [-0.15, -0.1) is 0 Å². The van der Waals surface area contributed by atoms with Crippen LogP contribution in [-0.2, 0) is 9.05 Å². The van der Waals surface area contributed by atoms with Gasteiger partial charge >= 0.3 is 0 Å². The van der Waals surface area contributed by atoms with E-state index in [-0.39, 0.29) is 0 Å². The van der Waals surface area contributed by atoms with E-state index >= 15 is 0 Å². The van der Waals surface area contributed by atoms with Crippen molar-refractivity contribution in [1.29, 1.82) is 0 Å². The van der Waals surface area contributed by atoms with Crippen molar-refractivity contribution in [3.8, 4) is 0 Å². The minimum absolute atomic E-state index is 0.742. The van der Waals surface area contributed by atoms with Crippen molar-refractivity contribution in [3.63, 3.8) is 0 Å². The predicted octanol–water partition coefficient (Wildman–Crippen LogP) is 0.185. The third kappa shape index (κ3) is 369. The van der Waals surface area contributed by atoms with Crippen LogP contribution in [0.4, 0.5) is 0 Å². The number of hydrogen-bond acceptors (Lipinski definition) is 2. The summed E-state index contributed by atoms with van der Waals surface area (Å²) >= 11 is 0. The van der Waals surface area contributed by atoms with E-state index in [9.17, 15) is 8.42 Å². The lowest BCUT2D eigenvalue weighted by Gasteiger charge is -1.65. The van der Waals surface area contributed by atoms with Crippen molar-refractivity contribution in [3.05, 3.63) is 0 Å². The first kappa shape index (κ1) is 3.43. The van der Waals surface area contributed by atoms with Crippen LogP contribution in [0.15, 0.2) is 0 Å². The monoisotopic (exact) mass is 115 g/mol. The van der Waals surface area contributed by atoms with Gasteiger partial charge in [0.2, 0.25) is 9.05 Å². The molecule has 0 atom stereocenters. The molecule has 0 aromatic rings. The van der Waals surface area contributed by atoms with Gasteiger partial charge in [0.25, 0.3) is 0 Å². The molecular formula is CH3ClO2S. The summed E-state index contributed by atoms with van der Waals surface area (Å²) in [5.74, 6) is 0. The summed E-state index contributed by atoms with van der Waals surface area (Å²) in [6.45, 7) is 0. The summed E-state index contributed by atoms with van der Waals surface area (Å²) in [6, 6.07) is 0. The second kappa shape index (κ2) is 1.14. The first-order valence-corrected chi connectivity index (χ1v) is 3.25. The molecule has 0 saturated heterocycles. The zero-order valence-corrected chi connectivity index (χ0v) is 3.88. The summed E-state index contributed by atoms with van der Waals surface area (Å²) in [5, 5.41) is 0. The average Bonchev–Trinajstić information content (AvgIpc) is 1.35. The molecule has 0 unspecified atom stereocenters. The maximum Gasteiger partial charge on any atom is 0.229 e. The molecule has 0 aliphatic rings. The van der Waals surface area contributed by atoms with Gasteiger partial charge in [-0.1, -0.05) is 0 Å². The summed E-state index contributed by atoms with van der Waals surface area (Å²) in [6.07, 6.45) is -0.742. The predicted molar refractivity (Wildman–Crippen MR) is 20.7 cm³/mol. The fourth-order valence-corrected chi connectivity index (χ4v) is 0. The highest BCUT2D eigenvalue weighted by atomic mass is 35.7. The lowest BCUT2D eigenvalue weighted by Crippen LogP contribution is -1.76. The Balaban J connectivity index is 3.85. The molecule has 2 nitrogen and oxygen atoms in total. The maximum absolute atomic E-state index is 9.58. The van der Waals surface area contributed by atoms with Crippen molar-refractivity contribution in [1.82, 2.24) is 0 Å². The van der Waals surface area contributed by atoms with E-state index in [1.807, 2.05) is 0 Å². The van der Waals surface area contributed by atoms with Crippen LogP contribution in [0.3, 0.4) is 0 Å². The summed E-state index contributed by atoms with van der Waals surface area (Å²) in [5.41, 5.74) is 0. The lowest BCUT2D eigenvalue weighted by atomic mass is 12.0. The normalized spacial score (nSPS) is 14.2. The maximum atomic E-state index is 9.58. The molecule has 5 heavy (non-hydrogen) atoms. The van der Waals surface area contributed by atoms with Crippen molar-refractivity contribution in [2.75, 3.05) is 6.23 Å². The van der Waals surface area contributed by atoms with Crippen molar-refractivity contribution in [2.45, 2.75) is 0 Å². The molecule has 0 aromatic heterocycles. The molecule has 0 N–H and O–H groups in total. The van der Waals surface area contributed by atoms with Gasteiger partial charge in [0.15, 0.2) is 0 Å². The zero-order chi connectivity index (χ0) is 5.21. The van der Waals surface area contributed by atoms with Gasteiger partial charge < -0.3 is 0 Å². The van der Waals surface area contributed by atoms with Crippen molar-refractivity contribution >= 4 is 19.7 Å². The molecule has 0 heterocycles. The standard InChI is InChI=1S/CH3ClO2S/c1-5(2,3)4/h1H3/i1D. The highest BCUT2D eigenvalue weighted by Crippen LogP contribution is 1.83. The Labute approximate surface area is 36.6 Å². The Kier molecular flexibility index (Phi) is 0.784. The van der Waals surface area contributed by atoms with Crippen LogP contribution in [0.5, 0.6) is 0 Å². The first-order valence-electron chi connectivity index (χ1n) is 1.48. The molecule has 0 rings (SSSR count). The van der Waals surface area contributed by atoms with Crippen LogP contribution in [0, 0.1) is 0 Å². The fourth-order valence-electron chi connectivity index (χ4n) is 0. The van der Waals surface area contributed by atoms with Crippen LogP contribution < -0.4 is 0 Å². The minimum Gasteiger partial charge on any atom is -0.213 e. The van der Waals surface area contributed by atoms with Gasteiger partial charge in [-0.2, -0.15) is 0 Å². The van der Waals surface area contributed by atoms with Crippen LogP contribution in [-0.4, -0.2) is 14.6 Å². The quantitative estimate of drug-likeness (QED) is 0.422. The Morgan fingerprint density at radius 2 is 2.20 bits per heavy atom. The third-order valence-electron chi connectivity index (χ3n) is 0. The molecule has 0 fully saturated rings. The molecule has 0 bridgehead atoms. The van der Waals surface area contributed by atoms with Crippen LogP contribution in [0.2, 0.25) is 0 Å². The van der Waals surface area contributed by atoms with Crippen LogP contribution in [0.25, 0.3) is 0 Å². The Bertz CT molecular complexity index is 116. The number of rotatable bonds is 0. The second-order valence-electron chi connectivity index (χ2n) is 0.539. The van der Waals surface area contributed by atoms with E-state index in [2.05, 4.69) is 10.7 Å². The van der Waals surface area contributed by atoms with Crippen molar-refractivity contribution in [2.24, 2.45) is 0 Å². The van der Waals surface area contributed by atoms with E-state index in [0.29, 0.717) is 0 Å². The average molecular weight is 116 g/mol. The molecular weight excluding hydrogens is 112 g/mol. The highest BCUT2D eigenvalue weighted by Gasteiger charge is 1.83. The molecule has 0 saturated carbocycles. The highest BCUT2D eigenvalue weighted by molar-refractivity contribution is 8.13. The summed E-state index contributed by atoms with van der Waals surface area (Å²) in [4.78, 5) is 0. The summed E-state index contributed by atoms with van der Waals surface area (Å²) in [7, 11) is 0.979. The molecule has 32 valence electrons. The van der Waals surface area contributed by atoms with Gasteiger partial charge in [0.1, 0.15) is 0 Å². The lowest BCUT2D eigenvalue weighted by molar-refractivity contribution is 0.615. The van der Waals surface area contributed by atoms with E-state index in [1.54, 1.807) is 0 Å². The van der Waals surface area contributed by atoms with Gasteiger partial charge in [-0.3, -0.25) is 0 Å². The van der Waals surface area contributed by atoms with Crippen LogP contribution in [0.1, 0.15) is 1.37 Å². The molecule has 0 aromatic carbocycles. The molecule has 0 spiro atoms. The van der Waals surface area contributed by atoms with Gasteiger partial charge in [0.05, 0.1) is 6.23 Å². The number of hydrogen-bond donors (Lipinski definition) is 0. The Morgan fingerprint density at radius 3 is 2.20 bits per heavy atom. The molecule has 4 heteroatoms. The Morgan fingerprint density at radius 1 is 2.00 bits per heavy atom. The topological polar surface area (TPSA) is 34.1 Å². The van der Waals surface area contributed by atoms with E-state index in [4.69, 9.17) is 1.37 Å². The number of halogens is 1. The SMILES string of the molecule is [2H]CS(=O)(=O)Cl. The van der Waals surface area contributed by atoms with Crippen molar-refractivity contribution < 1.29 is 9.79 Å². The second-order valence-corrected chi connectivity index (χ2v) is 3.03. The zero-order valence-electron chi connectivity index (χ0n) is 3.31. The molecule has 0 aliphatic carbocycles. The minimum atomic E-state index is -3.52. The Hall–Kier alpha value is 0.240. The first-order chi connectivity index (χ1) is 2.56. The fraction of sp³-hybridized carbons (Fsp3) is 1.00.